The third-order valence-electron chi connectivity index (χ3n) is 2.02. The van der Waals surface area contributed by atoms with Crippen molar-refractivity contribution < 1.29 is 18.3 Å². The van der Waals surface area contributed by atoms with Crippen LogP contribution in [0.4, 0.5) is 0 Å². The maximum atomic E-state index is 11.5. The van der Waals surface area contributed by atoms with Crippen molar-refractivity contribution in [3.63, 3.8) is 0 Å². The summed E-state index contributed by atoms with van der Waals surface area (Å²) in [6.07, 6.45) is 0.708. The predicted octanol–water partition coefficient (Wildman–Crippen LogP) is 3.52. The molecule has 0 bridgehead atoms. The van der Waals surface area contributed by atoms with Crippen LogP contribution in [0.1, 0.15) is 20.3 Å². The van der Waals surface area contributed by atoms with Crippen LogP contribution in [-0.2, 0) is 39.0 Å². The summed E-state index contributed by atoms with van der Waals surface area (Å²) in [5.41, 5.74) is 0. The number of ether oxygens (including phenoxy) is 1. The van der Waals surface area contributed by atoms with E-state index in [9.17, 15) is 9.36 Å². The van der Waals surface area contributed by atoms with Gasteiger partial charge in [0, 0.05) is 9.50 Å². The van der Waals surface area contributed by atoms with E-state index in [0.29, 0.717) is 13.0 Å². The van der Waals surface area contributed by atoms with Crippen LogP contribution in [-0.4, -0.2) is 25.2 Å². The van der Waals surface area contributed by atoms with Crippen LogP contribution in [0.2, 0.25) is 19.1 Å². The van der Waals surface area contributed by atoms with E-state index in [1.807, 2.05) is 13.1 Å². The zero-order valence-corrected chi connectivity index (χ0v) is 16.0. The first kappa shape index (κ1) is 18.7. The molecular weight excluding hydrogens is 375 g/mol. The molecule has 0 aromatic carbocycles. The lowest BCUT2D eigenvalue weighted by atomic mass is 10.2. The SMILES string of the molecule is CC(C)(Br)C(=O)OCCC[Si](C)(C)OP(=O)=S=S. The number of carbonyl (C=O) groups is 1. The lowest BCUT2D eigenvalue weighted by Gasteiger charge is -2.19. The fourth-order valence-electron chi connectivity index (χ4n) is 1.10. The number of rotatable bonds is 7. The summed E-state index contributed by atoms with van der Waals surface area (Å²) in [5, 5.41) is 0. The normalized spacial score (nSPS) is 13.1. The van der Waals surface area contributed by atoms with Crippen molar-refractivity contribution in [2.75, 3.05) is 6.61 Å². The molecule has 0 saturated carbocycles. The molecule has 4 nitrogen and oxygen atoms in total. The summed E-state index contributed by atoms with van der Waals surface area (Å²) in [4.78, 5) is 11.5. The molecule has 18 heavy (non-hydrogen) atoms. The van der Waals surface area contributed by atoms with Crippen LogP contribution < -0.4 is 0 Å². The molecule has 9 heteroatoms. The topological polar surface area (TPSA) is 52.6 Å². The van der Waals surface area contributed by atoms with Crippen molar-refractivity contribution >= 4 is 57.7 Å². The third-order valence-corrected chi connectivity index (χ3v) is 8.73. The fourth-order valence-corrected chi connectivity index (χ4v) is 7.22. The Bertz CT molecular complexity index is 398. The van der Waals surface area contributed by atoms with E-state index in [-0.39, 0.29) is 5.97 Å². The van der Waals surface area contributed by atoms with Gasteiger partial charge >= 0.3 is 12.8 Å². The van der Waals surface area contributed by atoms with Gasteiger partial charge in [0.1, 0.15) is 4.32 Å². The minimum atomic E-state index is -1.98. The van der Waals surface area contributed by atoms with Crippen molar-refractivity contribution in [1.82, 2.24) is 0 Å². The van der Waals surface area contributed by atoms with Crippen LogP contribution in [0.25, 0.3) is 0 Å². The molecule has 0 N–H and O–H groups in total. The highest BCUT2D eigenvalue weighted by atomic mass is 79.9. The number of hydrogen-bond acceptors (Lipinski definition) is 5. The Hall–Kier alpha value is 0.667. The number of carbonyl (C=O) groups excluding carboxylic acids is 1. The molecule has 0 rings (SSSR count). The van der Waals surface area contributed by atoms with E-state index in [1.54, 1.807) is 13.8 Å². The van der Waals surface area contributed by atoms with E-state index in [2.05, 4.69) is 27.1 Å². The zero-order chi connectivity index (χ0) is 14.4. The van der Waals surface area contributed by atoms with Crippen LogP contribution >= 0.6 is 22.7 Å². The molecule has 0 saturated heterocycles. The predicted molar refractivity (Wildman–Crippen MR) is 84.3 cm³/mol. The highest BCUT2D eigenvalue weighted by molar-refractivity contribution is 9.10. The molecule has 0 aromatic rings. The molecular formula is C9H18BrO4PS2Si. The number of halogens is 1. The van der Waals surface area contributed by atoms with Gasteiger partial charge in [-0.3, -0.25) is 4.79 Å². The van der Waals surface area contributed by atoms with Crippen LogP contribution in [0, 0.1) is 0 Å². The summed E-state index contributed by atoms with van der Waals surface area (Å²) in [6.45, 7) is 5.99. The summed E-state index contributed by atoms with van der Waals surface area (Å²) in [7, 11) is -1.17. The quantitative estimate of drug-likeness (QED) is 0.218. The Morgan fingerprint density at radius 1 is 1.50 bits per heavy atom. The van der Waals surface area contributed by atoms with Crippen molar-refractivity contribution in [3.05, 3.63) is 0 Å². The number of alkyl halides is 1. The second kappa shape index (κ2) is 8.07. The van der Waals surface area contributed by atoms with Crippen LogP contribution in [0.5, 0.6) is 0 Å². The third kappa shape index (κ3) is 8.71. The largest absolute Gasteiger partial charge is 0.465 e. The second-order valence-electron chi connectivity index (χ2n) is 4.86. The standard InChI is InChI=1S/C9H18BrO4PS2Si/c1-9(2,10)8(11)13-6-5-7-18(3,4)14-15(12)17-16/h5-7H2,1-4H3. The Labute approximate surface area is 126 Å². The average molecular weight is 393 g/mol. The summed E-state index contributed by atoms with van der Waals surface area (Å²) >= 11 is 7.84. The highest BCUT2D eigenvalue weighted by Gasteiger charge is 2.27. The summed E-state index contributed by atoms with van der Waals surface area (Å²) < 4.78 is 21.1. The molecule has 0 aromatic heterocycles. The lowest BCUT2D eigenvalue weighted by Crippen LogP contribution is -2.29. The number of hydrogen-bond donors (Lipinski definition) is 0. The first-order valence-corrected chi connectivity index (χ1v) is 12.8. The maximum Gasteiger partial charge on any atom is 0.322 e. The Kier molecular flexibility index (Phi) is 8.36. The number of esters is 1. The first-order chi connectivity index (χ1) is 8.08. The van der Waals surface area contributed by atoms with E-state index in [4.69, 9.17) is 8.95 Å². The molecule has 0 fully saturated rings. The fraction of sp³-hybridized carbons (Fsp3) is 0.889. The Morgan fingerprint density at radius 3 is 2.50 bits per heavy atom. The summed E-state index contributed by atoms with van der Waals surface area (Å²) in [5.74, 6) is -0.282. The molecule has 0 spiro atoms. The minimum absolute atomic E-state index is 0.282. The van der Waals surface area contributed by atoms with Gasteiger partial charge < -0.3 is 8.95 Å². The Balaban J connectivity index is 4.02. The van der Waals surface area contributed by atoms with E-state index in [0.717, 1.165) is 15.5 Å². The Morgan fingerprint density at radius 2 is 2.06 bits per heavy atom. The van der Waals surface area contributed by atoms with Crippen molar-refractivity contribution in [3.8, 4) is 0 Å². The van der Waals surface area contributed by atoms with Gasteiger partial charge in [-0.2, -0.15) is 0 Å². The smallest absolute Gasteiger partial charge is 0.322 e. The van der Waals surface area contributed by atoms with E-state index < -0.39 is 19.4 Å². The van der Waals surface area contributed by atoms with E-state index in [1.165, 1.54) is 0 Å². The van der Waals surface area contributed by atoms with Crippen LogP contribution in [0.15, 0.2) is 0 Å². The van der Waals surface area contributed by atoms with Gasteiger partial charge in [0.25, 0.3) is 0 Å². The van der Waals surface area contributed by atoms with Gasteiger partial charge in [-0.15, -0.1) is 0 Å². The minimum Gasteiger partial charge on any atom is -0.465 e. The summed E-state index contributed by atoms with van der Waals surface area (Å²) in [6, 6.07) is 0.778. The molecule has 0 amide bonds. The molecule has 1 unspecified atom stereocenters. The first-order valence-electron chi connectivity index (χ1n) is 5.41. The van der Waals surface area contributed by atoms with Gasteiger partial charge in [0.15, 0.2) is 0 Å². The molecule has 1 atom stereocenters. The van der Waals surface area contributed by atoms with Crippen LogP contribution in [0.3, 0.4) is 0 Å². The van der Waals surface area contributed by atoms with Gasteiger partial charge in [0.2, 0.25) is 8.32 Å². The van der Waals surface area contributed by atoms with Crippen molar-refractivity contribution in [2.24, 2.45) is 0 Å². The van der Waals surface area contributed by atoms with Crippen molar-refractivity contribution in [2.45, 2.75) is 43.7 Å². The zero-order valence-electron chi connectivity index (χ0n) is 10.9. The van der Waals surface area contributed by atoms with E-state index >= 15 is 0 Å². The van der Waals surface area contributed by atoms with Gasteiger partial charge in [0.05, 0.1) is 6.61 Å². The maximum absolute atomic E-state index is 11.5. The van der Waals surface area contributed by atoms with Gasteiger partial charge in [-0.05, 0) is 50.6 Å². The molecule has 0 aliphatic carbocycles. The molecule has 0 heterocycles. The monoisotopic (exact) mass is 392 g/mol. The highest BCUT2D eigenvalue weighted by Crippen LogP contribution is 2.23. The molecule has 106 valence electrons. The molecule has 0 aliphatic rings. The molecule has 0 aliphatic heterocycles. The molecule has 0 radical (unpaired) electrons. The average Bonchev–Trinajstić information content (AvgIpc) is 2.21. The van der Waals surface area contributed by atoms with Gasteiger partial charge in [-0.25, -0.2) is 4.57 Å². The second-order valence-corrected chi connectivity index (χ2v) is 14.9. The van der Waals surface area contributed by atoms with Crippen molar-refractivity contribution in [1.29, 1.82) is 0 Å². The lowest BCUT2D eigenvalue weighted by molar-refractivity contribution is -0.145. The van der Waals surface area contributed by atoms with Gasteiger partial charge in [-0.1, -0.05) is 15.9 Å².